The largest absolute Gasteiger partial charge is 0.494 e. The van der Waals surface area contributed by atoms with E-state index in [0.29, 0.717) is 5.02 Å². The Morgan fingerprint density at radius 1 is 1.00 bits per heavy atom. The van der Waals surface area contributed by atoms with Crippen molar-refractivity contribution >= 4 is 17.3 Å². The number of hydrazone groups is 1. The lowest BCUT2D eigenvalue weighted by atomic mass is 9.95. The number of rotatable bonds is 8. The van der Waals surface area contributed by atoms with E-state index in [1.807, 2.05) is 30.3 Å². The Balaban J connectivity index is 1.40. The topological polar surface area (TPSA) is 34.1 Å². The fourth-order valence-electron chi connectivity index (χ4n) is 4.65. The third kappa shape index (κ3) is 4.78. The minimum atomic E-state index is -0.305. The van der Waals surface area contributed by atoms with Gasteiger partial charge in [0.05, 0.1) is 18.4 Å². The fourth-order valence-corrected chi connectivity index (χ4v) is 4.83. The summed E-state index contributed by atoms with van der Waals surface area (Å²) in [5.74, 6) is 1.76. The van der Waals surface area contributed by atoms with Gasteiger partial charge in [0, 0.05) is 22.6 Å². The molecule has 0 amide bonds. The zero-order valence-corrected chi connectivity index (χ0v) is 20.6. The summed E-state index contributed by atoms with van der Waals surface area (Å²) in [7, 11) is 0. The second kappa shape index (κ2) is 10.1. The number of hydrogen-bond donors (Lipinski definition) is 0. The maximum atomic E-state index is 6.47. The predicted molar refractivity (Wildman–Crippen MR) is 138 cm³/mol. The van der Waals surface area contributed by atoms with Crippen LogP contribution in [0.2, 0.25) is 5.02 Å². The summed E-state index contributed by atoms with van der Waals surface area (Å²) in [6.07, 6.45) is 5.31. The van der Waals surface area contributed by atoms with Crippen LogP contribution in [0.3, 0.4) is 0 Å². The van der Waals surface area contributed by atoms with Crippen LogP contribution in [0.5, 0.6) is 11.5 Å². The highest BCUT2D eigenvalue weighted by Gasteiger charge is 2.41. The highest BCUT2D eigenvalue weighted by Crippen LogP contribution is 2.48. The molecule has 3 aromatic carbocycles. The molecule has 3 aromatic rings. The van der Waals surface area contributed by atoms with Crippen LogP contribution in [0.15, 0.2) is 71.8 Å². The third-order valence-electron chi connectivity index (χ3n) is 6.57. The summed E-state index contributed by atoms with van der Waals surface area (Å²) in [5.41, 5.74) is 5.60. The summed E-state index contributed by atoms with van der Waals surface area (Å²) < 4.78 is 12.4. The van der Waals surface area contributed by atoms with Crippen LogP contribution in [0, 0.1) is 6.92 Å². The lowest BCUT2D eigenvalue weighted by Gasteiger charge is -2.38. The maximum Gasteiger partial charge on any atom is 0.213 e. The Morgan fingerprint density at radius 3 is 2.56 bits per heavy atom. The van der Waals surface area contributed by atoms with Gasteiger partial charge >= 0.3 is 0 Å². The van der Waals surface area contributed by atoms with Gasteiger partial charge in [0.1, 0.15) is 11.5 Å². The van der Waals surface area contributed by atoms with Crippen molar-refractivity contribution in [2.24, 2.45) is 5.10 Å². The highest BCUT2D eigenvalue weighted by atomic mass is 35.5. The number of halogens is 1. The molecule has 2 aliphatic rings. The lowest BCUT2D eigenvalue weighted by Crippen LogP contribution is -2.33. The Labute approximate surface area is 207 Å². The van der Waals surface area contributed by atoms with Crippen molar-refractivity contribution in [3.05, 3.63) is 94.0 Å². The molecule has 0 aliphatic carbocycles. The van der Waals surface area contributed by atoms with Gasteiger partial charge in [-0.2, -0.15) is 5.10 Å². The normalized spacial score (nSPS) is 18.7. The number of unbranched alkanes of at least 4 members (excludes halogenated alkanes) is 3. The van der Waals surface area contributed by atoms with E-state index in [-0.39, 0.29) is 12.3 Å². The van der Waals surface area contributed by atoms with Crippen LogP contribution in [0.4, 0.5) is 0 Å². The number of nitrogens with zero attached hydrogens (tertiary/aromatic N) is 2. The SMILES string of the molecule is CCCCCCOc1ccc([C@@H]2Oc3ccc(Cl)cc3[C@H]3CC(c4ccc(C)cc4)=NN32)cc1. The molecule has 5 rings (SSSR count). The summed E-state index contributed by atoms with van der Waals surface area (Å²) >= 11 is 6.35. The monoisotopic (exact) mass is 474 g/mol. The van der Waals surface area contributed by atoms with Gasteiger partial charge in [0.25, 0.3) is 0 Å². The summed E-state index contributed by atoms with van der Waals surface area (Å²) in [6.45, 7) is 5.08. The van der Waals surface area contributed by atoms with Crippen LogP contribution in [-0.4, -0.2) is 17.3 Å². The zero-order valence-electron chi connectivity index (χ0n) is 19.8. The first-order valence-electron chi connectivity index (χ1n) is 12.2. The van der Waals surface area contributed by atoms with Gasteiger partial charge in [-0.05, 0) is 61.4 Å². The van der Waals surface area contributed by atoms with Crippen LogP contribution < -0.4 is 9.47 Å². The lowest BCUT2D eigenvalue weighted by molar-refractivity contribution is -0.0190. The van der Waals surface area contributed by atoms with Gasteiger partial charge in [-0.1, -0.05) is 67.6 Å². The number of hydrogen-bond acceptors (Lipinski definition) is 4. The third-order valence-corrected chi connectivity index (χ3v) is 6.80. The smallest absolute Gasteiger partial charge is 0.213 e. The van der Waals surface area contributed by atoms with Crippen LogP contribution in [-0.2, 0) is 0 Å². The average Bonchev–Trinajstić information content (AvgIpc) is 3.30. The molecule has 176 valence electrons. The molecule has 0 unspecified atom stereocenters. The molecule has 5 heteroatoms. The minimum absolute atomic E-state index is 0.0817. The molecular weight excluding hydrogens is 444 g/mol. The van der Waals surface area contributed by atoms with Crippen molar-refractivity contribution < 1.29 is 9.47 Å². The molecule has 2 heterocycles. The van der Waals surface area contributed by atoms with Gasteiger partial charge in [0.15, 0.2) is 0 Å². The van der Waals surface area contributed by atoms with E-state index in [9.17, 15) is 0 Å². The summed E-state index contributed by atoms with van der Waals surface area (Å²) in [6, 6.07) is 22.8. The average molecular weight is 475 g/mol. The Bertz CT molecular complexity index is 1160. The van der Waals surface area contributed by atoms with Crippen molar-refractivity contribution in [3.8, 4) is 11.5 Å². The summed E-state index contributed by atoms with van der Waals surface area (Å²) in [5, 5.41) is 7.85. The second-order valence-electron chi connectivity index (χ2n) is 9.14. The molecule has 0 fully saturated rings. The van der Waals surface area contributed by atoms with E-state index in [0.717, 1.165) is 53.3 Å². The van der Waals surface area contributed by atoms with Gasteiger partial charge in [-0.15, -0.1) is 0 Å². The molecule has 0 bridgehead atoms. The number of fused-ring (bicyclic) bond motifs is 3. The van der Waals surface area contributed by atoms with E-state index in [4.69, 9.17) is 26.2 Å². The number of benzene rings is 3. The predicted octanol–water partition coefficient (Wildman–Crippen LogP) is 7.85. The molecule has 0 spiro atoms. The van der Waals surface area contributed by atoms with E-state index >= 15 is 0 Å². The van der Waals surface area contributed by atoms with Crippen molar-refractivity contribution in [3.63, 3.8) is 0 Å². The van der Waals surface area contributed by atoms with Crippen molar-refractivity contribution in [1.29, 1.82) is 0 Å². The Kier molecular flexibility index (Phi) is 6.77. The van der Waals surface area contributed by atoms with Crippen molar-refractivity contribution in [2.45, 2.75) is 58.2 Å². The van der Waals surface area contributed by atoms with Crippen molar-refractivity contribution in [1.82, 2.24) is 5.01 Å². The Morgan fingerprint density at radius 2 is 1.79 bits per heavy atom. The first-order chi connectivity index (χ1) is 16.6. The highest BCUT2D eigenvalue weighted by molar-refractivity contribution is 6.30. The number of aryl methyl sites for hydroxylation is 1. The van der Waals surface area contributed by atoms with Crippen LogP contribution >= 0.6 is 11.6 Å². The molecule has 0 saturated carbocycles. The van der Waals surface area contributed by atoms with Gasteiger partial charge in [-0.25, -0.2) is 5.01 Å². The van der Waals surface area contributed by atoms with E-state index in [2.05, 4.69) is 55.3 Å². The molecule has 0 aromatic heterocycles. The summed E-state index contributed by atoms with van der Waals surface area (Å²) in [4.78, 5) is 0. The van der Waals surface area contributed by atoms with Gasteiger partial charge < -0.3 is 9.47 Å². The first kappa shape index (κ1) is 22.8. The molecule has 2 atom stereocenters. The molecule has 0 saturated heterocycles. The molecule has 4 nitrogen and oxygen atoms in total. The molecule has 0 N–H and O–H groups in total. The maximum absolute atomic E-state index is 6.47. The molecule has 0 radical (unpaired) electrons. The standard InChI is InChI=1S/C29H31ClN2O2/c1-3-4-5-6-17-33-24-14-11-22(12-15-24)29-32-27(25-18-23(30)13-16-28(25)34-29)19-26(31-32)21-9-7-20(2)8-10-21/h7-16,18,27,29H,3-6,17,19H2,1-2H3/t27-,29+/m1/s1. The first-order valence-corrected chi connectivity index (χ1v) is 12.6. The van der Waals surface area contributed by atoms with Gasteiger partial charge in [-0.3, -0.25) is 0 Å². The van der Waals surface area contributed by atoms with Crippen molar-refractivity contribution in [2.75, 3.05) is 6.61 Å². The zero-order chi connectivity index (χ0) is 23.5. The molecule has 2 aliphatic heterocycles. The van der Waals surface area contributed by atoms with E-state index < -0.39 is 0 Å². The van der Waals surface area contributed by atoms with Crippen LogP contribution in [0.1, 0.15) is 73.6 Å². The number of ether oxygens (including phenoxy) is 2. The quantitative estimate of drug-likeness (QED) is 0.312. The minimum Gasteiger partial charge on any atom is -0.494 e. The van der Waals surface area contributed by atoms with E-state index in [1.165, 1.54) is 24.8 Å². The molecular formula is C29H31ClN2O2. The molecule has 34 heavy (non-hydrogen) atoms. The van der Waals surface area contributed by atoms with Crippen LogP contribution in [0.25, 0.3) is 0 Å². The van der Waals surface area contributed by atoms with E-state index in [1.54, 1.807) is 0 Å². The second-order valence-corrected chi connectivity index (χ2v) is 9.58. The fraction of sp³-hybridized carbons (Fsp3) is 0.345. The Hall–Kier alpha value is -2.98. The van der Waals surface area contributed by atoms with Gasteiger partial charge in [0.2, 0.25) is 6.23 Å².